The SMILES string of the molecule is Cc1c(Cl)cccc1NC(=O)C(=O)NN=Cc1cccc(OC(=O)c2ccc(Cl)cc2)c1. The minimum atomic E-state index is -0.953. The molecule has 0 bridgehead atoms. The Kier molecular flexibility index (Phi) is 7.59. The zero-order valence-corrected chi connectivity index (χ0v) is 18.3. The van der Waals surface area contributed by atoms with Gasteiger partial charge in [0.2, 0.25) is 0 Å². The van der Waals surface area contributed by atoms with Crippen molar-refractivity contribution in [3.63, 3.8) is 0 Å². The third-order valence-corrected chi connectivity index (χ3v) is 4.91. The van der Waals surface area contributed by atoms with E-state index in [0.717, 1.165) is 0 Å². The molecule has 0 spiro atoms. The highest BCUT2D eigenvalue weighted by Gasteiger charge is 2.14. The van der Waals surface area contributed by atoms with E-state index in [1.807, 2.05) is 0 Å². The Morgan fingerprint density at radius 2 is 1.66 bits per heavy atom. The Labute approximate surface area is 194 Å². The van der Waals surface area contributed by atoms with Crippen LogP contribution in [-0.4, -0.2) is 24.0 Å². The van der Waals surface area contributed by atoms with Crippen LogP contribution in [0.4, 0.5) is 5.69 Å². The smallest absolute Gasteiger partial charge is 0.343 e. The van der Waals surface area contributed by atoms with Crippen LogP contribution in [0.25, 0.3) is 0 Å². The average molecular weight is 470 g/mol. The fourth-order valence-electron chi connectivity index (χ4n) is 2.55. The molecule has 2 N–H and O–H groups in total. The molecule has 7 nitrogen and oxygen atoms in total. The summed E-state index contributed by atoms with van der Waals surface area (Å²) in [5, 5.41) is 7.22. The van der Waals surface area contributed by atoms with Crippen molar-refractivity contribution in [1.82, 2.24) is 5.43 Å². The largest absolute Gasteiger partial charge is 0.423 e. The standard InChI is InChI=1S/C23H17Cl2N3O4/c1-14-19(25)6-3-7-20(14)27-21(29)22(30)28-26-13-15-4-2-5-18(12-15)32-23(31)16-8-10-17(24)11-9-16/h2-13H,1H3,(H,27,29)(H,28,30). The predicted molar refractivity (Wildman–Crippen MR) is 123 cm³/mol. The lowest BCUT2D eigenvalue weighted by Gasteiger charge is -2.08. The number of nitrogens with one attached hydrogen (secondary N) is 2. The van der Waals surface area contributed by atoms with E-state index < -0.39 is 17.8 Å². The first-order valence-electron chi connectivity index (χ1n) is 9.31. The number of carbonyl (C=O) groups excluding carboxylic acids is 3. The second kappa shape index (κ2) is 10.6. The minimum absolute atomic E-state index is 0.286. The molecule has 0 fully saturated rings. The number of halogens is 2. The summed E-state index contributed by atoms with van der Waals surface area (Å²) >= 11 is 11.8. The van der Waals surface area contributed by atoms with Crippen LogP contribution < -0.4 is 15.5 Å². The number of esters is 1. The monoisotopic (exact) mass is 469 g/mol. The minimum Gasteiger partial charge on any atom is -0.423 e. The van der Waals surface area contributed by atoms with Crippen LogP contribution in [0, 0.1) is 6.92 Å². The van der Waals surface area contributed by atoms with Gasteiger partial charge in [0.15, 0.2) is 0 Å². The molecule has 0 aliphatic carbocycles. The zero-order chi connectivity index (χ0) is 23.1. The number of anilines is 1. The summed E-state index contributed by atoms with van der Waals surface area (Å²) in [4.78, 5) is 36.2. The predicted octanol–water partition coefficient (Wildman–Crippen LogP) is 4.61. The Morgan fingerprint density at radius 3 is 2.41 bits per heavy atom. The molecule has 0 aromatic heterocycles. The van der Waals surface area contributed by atoms with Gasteiger partial charge < -0.3 is 10.1 Å². The molecule has 9 heteroatoms. The van der Waals surface area contributed by atoms with E-state index in [-0.39, 0.29) is 5.75 Å². The lowest BCUT2D eigenvalue weighted by atomic mass is 10.2. The van der Waals surface area contributed by atoms with Crippen molar-refractivity contribution < 1.29 is 19.1 Å². The normalized spacial score (nSPS) is 10.6. The molecule has 0 saturated carbocycles. The molecular formula is C23H17Cl2N3O4. The highest BCUT2D eigenvalue weighted by molar-refractivity contribution is 6.40. The van der Waals surface area contributed by atoms with Crippen LogP contribution in [0.3, 0.4) is 0 Å². The Bertz CT molecular complexity index is 1190. The summed E-state index contributed by atoms with van der Waals surface area (Å²) in [5.41, 5.74) is 4.10. The van der Waals surface area contributed by atoms with Gasteiger partial charge in [-0.2, -0.15) is 5.10 Å². The van der Waals surface area contributed by atoms with Gasteiger partial charge in [0.1, 0.15) is 5.75 Å². The summed E-state index contributed by atoms with van der Waals surface area (Å²) in [6.07, 6.45) is 1.31. The van der Waals surface area contributed by atoms with Gasteiger partial charge in [0, 0.05) is 15.7 Å². The summed E-state index contributed by atoms with van der Waals surface area (Å²) in [6, 6.07) is 17.8. The maximum absolute atomic E-state index is 12.2. The first-order valence-corrected chi connectivity index (χ1v) is 10.1. The van der Waals surface area contributed by atoms with Gasteiger partial charge in [0.05, 0.1) is 11.8 Å². The quantitative estimate of drug-likeness (QED) is 0.187. The molecule has 3 aromatic rings. The fourth-order valence-corrected chi connectivity index (χ4v) is 2.85. The number of carbonyl (C=O) groups is 3. The number of hydrogen-bond acceptors (Lipinski definition) is 5. The van der Waals surface area contributed by atoms with Gasteiger partial charge in [-0.1, -0.05) is 41.4 Å². The molecule has 0 saturated heterocycles. The van der Waals surface area contributed by atoms with Crippen LogP contribution in [0.15, 0.2) is 71.8 Å². The van der Waals surface area contributed by atoms with Crippen LogP contribution >= 0.6 is 23.2 Å². The number of amides is 2. The van der Waals surface area contributed by atoms with Gasteiger partial charge in [-0.05, 0) is 66.6 Å². The van der Waals surface area contributed by atoms with Crippen LogP contribution in [0.2, 0.25) is 10.0 Å². The second-order valence-corrected chi connectivity index (χ2v) is 7.38. The van der Waals surface area contributed by atoms with E-state index in [1.54, 1.807) is 73.7 Å². The molecule has 0 radical (unpaired) electrons. The zero-order valence-electron chi connectivity index (χ0n) is 16.8. The maximum Gasteiger partial charge on any atom is 0.343 e. The summed E-state index contributed by atoms with van der Waals surface area (Å²) < 4.78 is 5.33. The molecule has 0 aliphatic rings. The molecular weight excluding hydrogens is 453 g/mol. The topological polar surface area (TPSA) is 96.9 Å². The average Bonchev–Trinajstić information content (AvgIpc) is 2.77. The van der Waals surface area contributed by atoms with Crippen LogP contribution in [-0.2, 0) is 9.59 Å². The number of nitrogens with zero attached hydrogens (tertiary/aromatic N) is 1. The molecule has 32 heavy (non-hydrogen) atoms. The van der Waals surface area contributed by atoms with Gasteiger partial charge in [-0.3, -0.25) is 9.59 Å². The number of ether oxygens (including phenoxy) is 1. The van der Waals surface area contributed by atoms with Crippen molar-refractivity contribution in [1.29, 1.82) is 0 Å². The summed E-state index contributed by atoms with van der Waals surface area (Å²) in [6.45, 7) is 1.72. The van der Waals surface area contributed by atoms with Crippen molar-refractivity contribution in [2.75, 3.05) is 5.32 Å². The highest BCUT2D eigenvalue weighted by atomic mass is 35.5. The van der Waals surface area contributed by atoms with Crippen molar-refractivity contribution in [2.24, 2.45) is 5.10 Å². The molecule has 0 atom stereocenters. The molecule has 2 amide bonds. The Hall–Kier alpha value is -3.68. The molecule has 0 heterocycles. The van der Waals surface area contributed by atoms with Gasteiger partial charge >= 0.3 is 17.8 Å². The Balaban J connectivity index is 1.57. The molecule has 0 unspecified atom stereocenters. The first kappa shape index (κ1) is 23.0. The fraction of sp³-hybridized carbons (Fsp3) is 0.0435. The van der Waals surface area contributed by atoms with Gasteiger partial charge in [-0.15, -0.1) is 0 Å². The molecule has 162 valence electrons. The summed E-state index contributed by atoms with van der Waals surface area (Å²) in [5.74, 6) is -2.10. The van der Waals surface area contributed by atoms with Crippen molar-refractivity contribution >= 4 is 52.9 Å². The highest BCUT2D eigenvalue weighted by Crippen LogP contribution is 2.22. The maximum atomic E-state index is 12.2. The van der Waals surface area contributed by atoms with E-state index >= 15 is 0 Å². The van der Waals surface area contributed by atoms with Crippen molar-refractivity contribution in [3.8, 4) is 5.75 Å². The lowest BCUT2D eigenvalue weighted by molar-refractivity contribution is -0.136. The van der Waals surface area contributed by atoms with E-state index in [0.29, 0.717) is 32.4 Å². The lowest BCUT2D eigenvalue weighted by Crippen LogP contribution is -2.32. The third kappa shape index (κ3) is 6.16. The van der Waals surface area contributed by atoms with E-state index in [4.69, 9.17) is 27.9 Å². The summed E-state index contributed by atoms with van der Waals surface area (Å²) in [7, 11) is 0. The van der Waals surface area contributed by atoms with Crippen LogP contribution in [0.1, 0.15) is 21.5 Å². The number of hydrogen-bond donors (Lipinski definition) is 2. The van der Waals surface area contributed by atoms with Crippen molar-refractivity contribution in [2.45, 2.75) is 6.92 Å². The molecule has 0 aliphatic heterocycles. The van der Waals surface area contributed by atoms with E-state index in [9.17, 15) is 14.4 Å². The molecule has 3 rings (SSSR count). The van der Waals surface area contributed by atoms with E-state index in [2.05, 4.69) is 15.8 Å². The number of rotatable bonds is 5. The van der Waals surface area contributed by atoms with Crippen LogP contribution in [0.5, 0.6) is 5.75 Å². The Morgan fingerprint density at radius 1 is 0.938 bits per heavy atom. The van der Waals surface area contributed by atoms with Crippen molar-refractivity contribution in [3.05, 3.63) is 93.5 Å². The van der Waals surface area contributed by atoms with Gasteiger partial charge in [0.25, 0.3) is 0 Å². The van der Waals surface area contributed by atoms with Gasteiger partial charge in [-0.25, -0.2) is 10.2 Å². The first-order chi connectivity index (χ1) is 15.3. The third-order valence-electron chi connectivity index (χ3n) is 4.25. The number of hydrazone groups is 1. The number of benzene rings is 3. The molecule has 3 aromatic carbocycles. The van der Waals surface area contributed by atoms with E-state index in [1.165, 1.54) is 6.21 Å². The second-order valence-electron chi connectivity index (χ2n) is 6.53.